The Hall–Kier alpha value is -2.04. The highest BCUT2D eigenvalue weighted by atomic mass is 16.5. The summed E-state index contributed by atoms with van der Waals surface area (Å²) in [5.74, 6) is -2.62. The molecule has 0 aliphatic carbocycles. The van der Waals surface area contributed by atoms with E-state index in [2.05, 4.69) is 0 Å². The van der Waals surface area contributed by atoms with Gasteiger partial charge in [0.1, 0.15) is 5.75 Å². The van der Waals surface area contributed by atoms with Gasteiger partial charge in [0.2, 0.25) is 0 Å². The third-order valence-electron chi connectivity index (χ3n) is 2.95. The average molecular weight is 250 g/mol. The summed E-state index contributed by atoms with van der Waals surface area (Å²) >= 11 is 0. The predicted molar refractivity (Wildman–Crippen MR) is 62.4 cm³/mol. The first kappa shape index (κ1) is 12.4. The van der Waals surface area contributed by atoms with Crippen molar-refractivity contribution in [3.05, 3.63) is 29.8 Å². The van der Waals surface area contributed by atoms with Crippen LogP contribution >= 0.6 is 0 Å². The molecule has 1 aliphatic heterocycles. The third-order valence-corrected chi connectivity index (χ3v) is 2.95. The number of hydrogen-bond donors (Lipinski definition) is 1. The van der Waals surface area contributed by atoms with Crippen LogP contribution in [0.4, 0.5) is 0 Å². The minimum absolute atomic E-state index is 0.115. The quantitative estimate of drug-likeness (QED) is 0.646. The summed E-state index contributed by atoms with van der Waals surface area (Å²) in [7, 11) is 0. The molecular formula is C13H14O5. The lowest BCUT2D eigenvalue weighted by molar-refractivity contribution is -0.152. The van der Waals surface area contributed by atoms with E-state index < -0.39 is 23.8 Å². The van der Waals surface area contributed by atoms with Gasteiger partial charge < -0.3 is 14.6 Å². The minimum atomic E-state index is -1.14. The van der Waals surface area contributed by atoms with Crippen LogP contribution in [-0.4, -0.2) is 30.3 Å². The fourth-order valence-corrected chi connectivity index (χ4v) is 2.06. The number of carbonyl (C=O) groups excluding carboxylic acids is 1. The number of benzene rings is 1. The van der Waals surface area contributed by atoms with Gasteiger partial charge in [0.05, 0.1) is 13.2 Å². The van der Waals surface area contributed by atoms with Gasteiger partial charge >= 0.3 is 11.9 Å². The van der Waals surface area contributed by atoms with E-state index in [0.29, 0.717) is 6.61 Å². The summed E-state index contributed by atoms with van der Waals surface area (Å²) < 4.78 is 10.1. The molecule has 2 rings (SSSR count). The van der Waals surface area contributed by atoms with Crippen molar-refractivity contribution in [1.29, 1.82) is 0 Å². The van der Waals surface area contributed by atoms with E-state index in [1.165, 1.54) is 0 Å². The van der Waals surface area contributed by atoms with Crippen LogP contribution in [0.2, 0.25) is 0 Å². The molecule has 2 unspecified atom stereocenters. The second kappa shape index (κ2) is 5.08. The molecule has 1 saturated heterocycles. The molecule has 1 N–H and O–H groups in total. The number of hydrogen-bond acceptors (Lipinski definition) is 4. The molecule has 1 aromatic rings. The van der Waals surface area contributed by atoms with Gasteiger partial charge in [-0.3, -0.25) is 9.59 Å². The molecule has 0 aromatic heterocycles. The van der Waals surface area contributed by atoms with E-state index in [4.69, 9.17) is 14.6 Å². The van der Waals surface area contributed by atoms with Crippen molar-refractivity contribution in [2.24, 2.45) is 5.92 Å². The van der Waals surface area contributed by atoms with Gasteiger partial charge in [-0.2, -0.15) is 0 Å². The zero-order valence-electron chi connectivity index (χ0n) is 9.96. The first-order chi connectivity index (χ1) is 8.63. The highest BCUT2D eigenvalue weighted by molar-refractivity contribution is 5.96. The van der Waals surface area contributed by atoms with Crippen molar-refractivity contribution in [2.75, 3.05) is 13.2 Å². The maximum atomic E-state index is 11.3. The molecule has 1 heterocycles. The number of carboxylic acid groups (broad SMARTS) is 1. The van der Waals surface area contributed by atoms with E-state index in [0.717, 1.165) is 11.3 Å². The lowest BCUT2D eigenvalue weighted by Gasteiger charge is -2.12. The molecule has 0 bridgehead atoms. The van der Waals surface area contributed by atoms with Crippen LogP contribution in [-0.2, 0) is 14.3 Å². The van der Waals surface area contributed by atoms with Gasteiger partial charge in [-0.1, -0.05) is 12.1 Å². The van der Waals surface area contributed by atoms with Gasteiger partial charge in [-0.25, -0.2) is 0 Å². The second-order valence-corrected chi connectivity index (χ2v) is 4.05. The highest BCUT2D eigenvalue weighted by Gasteiger charge is 2.43. The van der Waals surface area contributed by atoms with Gasteiger partial charge in [-0.05, 0) is 24.6 Å². The summed E-state index contributed by atoms with van der Waals surface area (Å²) in [5.41, 5.74) is 0.775. The number of carboxylic acids is 1. The molecule has 5 nitrogen and oxygen atoms in total. The number of rotatable bonds is 4. The van der Waals surface area contributed by atoms with Gasteiger partial charge in [0.15, 0.2) is 5.92 Å². The van der Waals surface area contributed by atoms with Crippen molar-refractivity contribution in [2.45, 2.75) is 12.8 Å². The Morgan fingerprint density at radius 2 is 2.11 bits per heavy atom. The summed E-state index contributed by atoms with van der Waals surface area (Å²) in [6, 6.07) is 7.07. The van der Waals surface area contributed by atoms with Crippen LogP contribution in [0.15, 0.2) is 24.3 Å². The standard InChI is InChI=1S/C13H14O5/c1-2-17-9-5-3-8(4-6-9)10-7-18-13(16)11(10)12(14)15/h3-6,10-11H,2,7H2,1H3,(H,14,15). The molecule has 1 fully saturated rings. The fourth-order valence-electron chi connectivity index (χ4n) is 2.06. The average Bonchev–Trinajstić information content (AvgIpc) is 2.73. The molecule has 5 heteroatoms. The zero-order chi connectivity index (χ0) is 13.1. The molecule has 1 aromatic carbocycles. The molecule has 1 aliphatic rings. The third kappa shape index (κ3) is 2.30. The van der Waals surface area contributed by atoms with Crippen LogP contribution in [0, 0.1) is 5.92 Å². The number of carbonyl (C=O) groups is 2. The van der Waals surface area contributed by atoms with Crippen molar-refractivity contribution in [1.82, 2.24) is 0 Å². The summed E-state index contributed by atoms with van der Waals surface area (Å²) in [6.45, 7) is 2.57. The first-order valence-electron chi connectivity index (χ1n) is 5.75. The molecule has 0 radical (unpaired) electrons. The summed E-state index contributed by atoms with van der Waals surface area (Å²) in [4.78, 5) is 22.4. The van der Waals surface area contributed by atoms with Crippen molar-refractivity contribution in [3.8, 4) is 5.75 Å². The van der Waals surface area contributed by atoms with Crippen LogP contribution in [0.3, 0.4) is 0 Å². The highest BCUT2D eigenvalue weighted by Crippen LogP contribution is 2.32. The minimum Gasteiger partial charge on any atom is -0.494 e. The monoisotopic (exact) mass is 250 g/mol. The number of cyclic esters (lactones) is 1. The Kier molecular flexibility index (Phi) is 3.50. The van der Waals surface area contributed by atoms with Crippen LogP contribution in [0.25, 0.3) is 0 Å². The van der Waals surface area contributed by atoms with Crippen LogP contribution in [0.1, 0.15) is 18.4 Å². The molecule has 0 amide bonds. The molecule has 96 valence electrons. The second-order valence-electron chi connectivity index (χ2n) is 4.05. The number of ether oxygens (including phenoxy) is 2. The topological polar surface area (TPSA) is 72.8 Å². The van der Waals surface area contributed by atoms with E-state index in [9.17, 15) is 9.59 Å². The Morgan fingerprint density at radius 3 is 2.67 bits per heavy atom. The van der Waals surface area contributed by atoms with Crippen molar-refractivity contribution in [3.63, 3.8) is 0 Å². The van der Waals surface area contributed by atoms with E-state index in [1.807, 2.05) is 6.92 Å². The van der Waals surface area contributed by atoms with Gasteiger partial charge in [0.25, 0.3) is 0 Å². The Bertz CT molecular complexity index is 451. The van der Waals surface area contributed by atoms with E-state index in [-0.39, 0.29) is 6.61 Å². The number of esters is 1. The zero-order valence-corrected chi connectivity index (χ0v) is 9.96. The number of aliphatic carboxylic acids is 1. The Balaban J connectivity index is 2.20. The Morgan fingerprint density at radius 1 is 1.44 bits per heavy atom. The molecule has 0 saturated carbocycles. The Labute approximate surface area is 104 Å². The van der Waals surface area contributed by atoms with E-state index >= 15 is 0 Å². The maximum Gasteiger partial charge on any atom is 0.321 e. The van der Waals surface area contributed by atoms with E-state index in [1.54, 1.807) is 24.3 Å². The lowest BCUT2D eigenvalue weighted by atomic mass is 9.88. The first-order valence-corrected chi connectivity index (χ1v) is 5.75. The van der Waals surface area contributed by atoms with Crippen LogP contribution < -0.4 is 4.74 Å². The van der Waals surface area contributed by atoms with Crippen molar-refractivity contribution < 1.29 is 24.2 Å². The molecule has 18 heavy (non-hydrogen) atoms. The largest absolute Gasteiger partial charge is 0.494 e. The normalized spacial score (nSPS) is 22.6. The predicted octanol–water partition coefficient (Wildman–Crippen LogP) is 1.43. The van der Waals surface area contributed by atoms with Crippen LogP contribution in [0.5, 0.6) is 5.75 Å². The SMILES string of the molecule is CCOc1ccc(C2COC(=O)C2C(=O)O)cc1. The van der Waals surface area contributed by atoms with Gasteiger partial charge in [0, 0.05) is 5.92 Å². The molecule has 2 atom stereocenters. The molecule has 0 spiro atoms. The maximum absolute atomic E-state index is 11.3. The molecular weight excluding hydrogens is 236 g/mol. The van der Waals surface area contributed by atoms with Crippen molar-refractivity contribution >= 4 is 11.9 Å². The summed E-state index contributed by atoms with van der Waals surface area (Å²) in [5, 5.41) is 9.03. The summed E-state index contributed by atoms with van der Waals surface area (Å²) in [6.07, 6.45) is 0. The smallest absolute Gasteiger partial charge is 0.321 e. The lowest BCUT2D eigenvalue weighted by Crippen LogP contribution is -2.24. The van der Waals surface area contributed by atoms with Gasteiger partial charge in [-0.15, -0.1) is 0 Å². The fraction of sp³-hybridized carbons (Fsp3) is 0.385.